The maximum Gasteiger partial charge on any atom is 0.336 e. The van der Waals surface area contributed by atoms with Gasteiger partial charge >= 0.3 is 11.3 Å². The molecule has 0 spiro atoms. The summed E-state index contributed by atoms with van der Waals surface area (Å²) in [7, 11) is 1.35. The first-order valence-electron chi connectivity index (χ1n) is 13.4. The van der Waals surface area contributed by atoms with E-state index < -0.39 is 17.2 Å². The zero-order chi connectivity index (χ0) is 30.1. The molecule has 0 fully saturated rings. The number of carbonyl (C=O) groups excluding carboxylic acids is 1. The molecular weight excluding hydrogens is 530 g/mol. The predicted molar refractivity (Wildman–Crippen MR) is 155 cm³/mol. The van der Waals surface area contributed by atoms with Crippen molar-refractivity contribution >= 4 is 22.9 Å². The second kappa shape index (κ2) is 14.2. The minimum absolute atomic E-state index is 0.000606. The second-order valence-electron chi connectivity index (χ2n) is 9.88. The highest BCUT2D eigenvalue weighted by atomic mass is 16.5. The standard InChI is InChI=1S/C30H37N3O8/c1-18(2)33(19(3)4)30(36)22-17-23-27(28(37-5)26(22)41-25(35)14-13-24(34)40-23)39-16-8-6-7-15-38-21-11-9-20(10-12-21)29(31)32/h9-14,17-19H,6-8,15-16H2,1-5H3,(H3,31,32). The molecule has 4 rings (SSSR count). The summed E-state index contributed by atoms with van der Waals surface area (Å²) in [6.45, 7) is 8.22. The smallest absolute Gasteiger partial charge is 0.336 e. The Morgan fingerprint density at radius 2 is 1.46 bits per heavy atom. The zero-order valence-corrected chi connectivity index (χ0v) is 24.0. The third-order valence-corrected chi connectivity index (χ3v) is 6.18. The summed E-state index contributed by atoms with van der Waals surface area (Å²) in [6.07, 6.45) is 2.15. The number of nitrogens with one attached hydrogen (secondary N) is 1. The van der Waals surface area contributed by atoms with Gasteiger partial charge in [-0.25, -0.2) is 9.59 Å². The number of unbranched alkanes of at least 4 members (excludes halogenated alkanes) is 2. The maximum absolute atomic E-state index is 13.6. The minimum Gasteiger partial charge on any atom is -0.494 e. The van der Waals surface area contributed by atoms with Gasteiger partial charge in [0.15, 0.2) is 11.2 Å². The van der Waals surface area contributed by atoms with E-state index in [1.165, 1.54) is 13.2 Å². The summed E-state index contributed by atoms with van der Waals surface area (Å²) >= 11 is 0. The lowest BCUT2D eigenvalue weighted by Gasteiger charge is -2.31. The van der Waals surface area contributed by atoms with Gasteiger partial charge in [0.1, 0.15) is 11.6 Å². The number of amidine groups is 1. The van der Waals surface area contributed by atoms with Gasteiger partial charge in [-0.15, -0.1) is 0 Å². The molecule has 11 nitrogen and oxygen atoms in total. The molecule has 3 N–H and O–H groups in total. The van der Waals surface area contributed by atoms with Crippen molar-refractivity contribution < 1.29 is 27.8 Å². The zero-order valence-electron chi connectivity index (χ0n) is 24.0. The molecule has 0 saturated heterocycles. The summed E-state index contributed by atoms with van der Waals surface area (Å²) in [4.78, 5) is 40.1. The number of hydrogen-bond acceptors (Lipinski definition) is 9. The Morgan fingerprint density at radius 3 is 2.02 bits per heavy atom. The first-order chi connectivity index (χ1) is 19.5. The van der Waals surface area contributed by atoms with Crippen LogP contribution in [-0.2, 0) is 0 Å². The Morgan fingerprint density at radius 1 is 0.878 bits per heavy atom. The summed E-state index contributed by atoms with van der Waals surface area (Å²) in [5.41, 5.74) is 4.27. The molecule has 0 aliphatic heterocycles. The van der Waals surface area contributed by atoms with Crippen LogP contribution in [0.4, 0.5) is 0 Å². The van der Waals surface area contributed by atoms with Crippen LogP contribution in [0.15, 0.2) is 60.9 Å². The maximum atomic E-state index is 13.6. The van der Waals surface area contributed by atoms with Gasteiger partial charge in [-0.3, -0.25) is 10.2 Å². The molecule has 2 aromatic carbocycles. The van der Waals surface area contributed by atoms with Crippen molar-refractivity contribution in [3.8, 4) is 17.2 Å². The first kappa shape index (κ1) is 31.0. The Labute approximate surface area is 238 Å². The number of ether oxygens (including phenoxy) is 3. The third kappa shape index (κ3) is 8.00. The molecule has 1 amide bonds. The van der Waals surface area contributed by atoms with E-state index in [9.17, 15) is 14.4 Å². The number of benzene rings is 2. The van der Waals surface area contributed by atoms with E-state index in [1.54, 1.807) is 29.2 Å². The fourth-order valence-corrected chi connectivity index (χ4v) is 4.35. The summed E-state index contributed by atoms with van der Waals surface area (Å²) < 4.78 is 28.3. The van der Waals surface area contributed by atoms with E-state index >= 15 is 0 Å². The van der Waals surface area contributed by atoms with Gasteiger partial charge in [0, 0.05) is 35.8 Å². The Kier molecular flexibility index (Phi) is 10.7. The number of amides is 1. The highest BCUT2D eigenvalue weighted by molar-refractivity contribution is 6.04. The molecule has 0 aliphatic rings. The summed E-state index contributed by atoms with van der Waals surface area (Å²) in [6, 6.07) is 9.89. The van der Waals surface area contributed by atoms with E-state index in [2.05, 4.69) is 0 Å². The molecule has 2 bridgehead atoms. The second-order valence-corrected chi connectivity index (χ2v) is 9.88. The molecule has 0 saturated carbocycles. The number of nitrogen functional groups attached to an aromatic ring is 1. The third-order valence-electron chi connectivity index (χ3n) is 6.18. The number of nitrogens with two attached hydrogens (primary N) is 1. The van der Waals surface area contributed by atoms with Gasteiger partial charge in [0.05, 0.1) is 25.9 Å². The molecule has 2 heterocycles. The largest absolute Gasteiger partial charge is 0.494 e. The molecule has 0 radical (unpaired) electrons. The highest BCUT2D eigenvalue weighted by Crippen LogP contribution is 2.39. The quantitative estimate of drug-likeness (QED) is 0.172. The SMILES string of the molecule is COc1c(OCCCCCOc2ccc(C(=N)N)cc2)c2cc(C(=O)N(C(C)C)C(C)C)c1oc(=O)ccc(=O)o2. The first-order valence-corrected chi connectivity index (χ1v) is 13.4. The summed E-state index contributed by atoms with van der Waals surface area (Å²) in [5, 5.41) is 7.44. The van der Waals surface area contributed by atoms with Crippen molar-refractivity contribution in [2.75, 3.05) is 20.3 Å². The van der Waals surface area contributed by atoms with Gasteiger partial charge in [0.2, 0.25) is 11.5 Å². The summed E-state index contributed by atoms with van der Waals surface area (Å²) in [5.74, 6) is 0.299. The van der Waals surface area contributed by atoms with Crippen molar-refractivity contribution in [2.45, 2.75) is 59.0 Å². The lowest BCUT2D eigenvalue weighted by molar-refractivity contribution is 0.0644. The van der Waals surface area contributed by atoms with Crippen LogP contribution in [-0.4, -0.2) is 49.0 Å². The van der Waals surface area contributed by atoms with Crippen LogP contribution in [0.3, 0.4) is 0 Å². The van der Waals surface area contributed by atoms with Crippen LogP contribution in [0.5, 0.6) is 17.2 Å². The van der Waals surface area contributed by atoms with Gasteiger partial charge in [-0.2, -0.15) is 0 Å². The topological polar surface area (TPSA) is 158 Å². The van der Waals surface area contributed by atoms with Crippen LogP contribution in [0.1, 0.15) is 62.9 Å². The van der Waals surface area contributed by atoms with Crippen LogP contribution in [0.25, 0.3) is 11.2 Å². The van der Waals surface area contributed by atoms with Crippen molar-refractivity contribution in [1.82, 2.24) is 4.90 Å². The van der Waals surface area contributed by atoms with Gasteiger partial charge in [0.25, 0.3) is 5.91 Å². The van der Waals surface area contributed by atoms with Crippen LogP contribution < -0.4 is 31.2 Å². The van der Waals surface area contributed by atoms with Crippen molar-refractivity contribution in [1.29, 1.82) is 5.41 Å². The van der Waals surface area contributed by atoms with E-state index in [4.69, 9.17) is 34.2 Å². The van der Waals surface area contributed by atoms with Crippen molar-refractivity contribution in [3.63, 3.8) is 0 Å². The number of methoxy groups -OCH3 is 1. The van der Waals surface area contributed by atoms with Crippen LogP contribution in [0.2, 0.25) is 0 Å². The number of carbonyl (C=O) groups is 1. The molecular formula is C30H37N3O8. The molecule has 220 valence electrons. The van der Waals surface area contributed by atoms with E-state index in [1.807, 2.05) is 27.7 Å². The molecule has 0 unspecified atom stereocenters. The highest BCUT2D eigenvalue weighted by Gasteiger charge is 2.28. The average Bonchev–Trinajstić information content (AvgIpc) is 2.92. The van der Waals surface area contributed by atoms with Gasteiger partial charge < -0.3 is 33.7 Å². The van der Waals surface area contributed by atoms with E-state index in [0.29, 0.717) is 24.3 Å². The fourth-order valence-electron chi connectivity index (χ4n) is 4.35. The van der Waals surface area contributed by atoms with Crippen LogP contribution >= 0.6 is 0 Å². The number of hydrogen-bond donors (Lipinski definition) is 2. The number of rotatable bonds is 13. The molecule has 11 heteroatoms. The Balaban J connectivity index is 1.82. The minimum atomic E-state index is -0.869. The van der Waals surface area contributed by atoms with E-state index in [0.717, 1.165) is 25.0 Å². The van der Waals surface area contributed by atoms with E-state index in [-0.39, 0.29) is 52.8 Å². The molecule has 41 heavy (non-hydrogen) atoms. The lowest BCUT2D eigenvalue weighted by Crippen LogP contribution is -2.42. The normalized spacial score (nSPS) is 11.0. The molecule has 0 atom stereocenters. The number of fused-ring (bicyclic) bond motifs is 7. The lowest BCUT2D eigenvalue weighted by atomic mass is 10.1. The van der Waals surface area contributed by atoms with Crippen molar-refractivity contribution in [3.05, 3.63) is 74.4 Å². The van der Waals surface area contributed by atoms with Crippen LogP contribution in [0, 0.1) is 5.41 Å². The monoisotopic (exact) mass is 567 g/mol. The average molecular weight is 568 g/mol. The molecule has 0 aliphatic carbocycles. The number of nitrogens with zero attached hydrogens (tertiary/aromatic N) is 1. The van der Waals surface area contributed by atoms with Gasteiger partial charge in [-0.05, 0) is 71.2 Å². The molecule has 4 aromatic rings. The fraction of sp³-hybridized carbons (Fsp3) is 0.400. The Hall–Kier alpha value is -4.54. The Bertz CT molecular complexity index is 1500. The van der Waals surface area contributed by atoms with Gasteiger partial charge in [-0.1, -0.05) is 0 Å². The predicted octanol–water partition coefficient (Wildman–Crippen LogP) is 4.49. The molecule has 2 aromatic heterocycles. The van der Waals surface area contributed by atoms with Crippen molar-refractivity contribution in [2.24, 2.45) is 5.73 Å².